The summed E-state index contributed by atoms with van der Waals surface area (Å²) in [6, 6.07) is 11.6. The highest BCUT2D eigenvalue weighted by Gasteiger charge is 2.35. The number of aliphatic hydroxyl groups is 1. The number of aliphatic hydroxyl groups excluding tert-OH is 1. The number of carbonyl (C=O) groups is 3. The van der Waals surface area contributed by atoms with Crippen LogP contribution in [0.2, 0.25) is 0 Å². The molecule has 0 radical (unpaired) electrons. The second-order valence-electron chi connectivity index (χ2n) is 10.8. The van der Waals surface area contributed by atoms with Crippen LogP contribution in [0.1, 0.15) is 45.5 Å². The number of nitrogens with zero attached hydrogens (tertiary/aromatic N) is 4. The number of fused-ring (bicyclic) bond motifs is 2. The fraction of sp³-hybridized carbons (Fsp3) is 0.367. The Morgan fingerprint density at radius 3 is 2.65 bits per heavy atom. The number of aryl methyl sites for hydroxylation is 2. The number of hydrogen-bond donors (Lipinski definition) is 3. The molecule has 0 saturated carbocycles. The summed E-state index contributed by atoms with van der Waals surface area (Å²) >= 11 is 1.26. The Kier molecular flexibility index (Phi) is 8.64. The van der Waals surface area contributed by atoms with E-state index in [9.17, 15) is 19.5 Å². The molecule has 0 fully saturated rings. The van der Waals surface area contributed by atoms with Crippen LogP contribution in [0.4, 0.5) is 16.2 Å². The molecule has 0 spiro atoms. The number of carbonyl (C=O) groups excluding carboxylic acids is 3. The molecule has 226 valence electrons. The topological polar surface area (TPSA) is 150 Å². The zero-order valence-corrected chi connectivity index (χ0v) is 25.4. The Morgan fingerprint density at radius 2 is 1.95 bits per heavy atom. The van der Waals surface area contributed by atoms with Crippen molar-refractivity contribution in [1.82, 2.24) is 19.9 Å². The number of likely N-dealkylation sites (N-methyl/N-ethyl adjacent to an activating group) is 1. The highest BCUT2D eigenvalue weighted by Crippen LogP contribution is 2.35. The molecule has 1 aliphatic rings. The van der Waals surface area contributed by atoms with Gasteiger partial charge in [0.1, 0.15) is 17.5 Å². The average molecular weight is 607 g/mol. The Labute approximate surface area is 252 Å². The van der Waals surface area contributed by atoms with Gasteiger partial charge in [0.25, 0.3) is 11.8 Å². The van der Waals surface area contributed by atoms with Gasteiger partial charge < -0.3 is 34.8 Å². The molecule has 0 unspecified atom stereocenters. The van der Waals surface area contributed by atoms with Gasteiger partial charge in [-0.25, -0.2) is 9.78 Å². The standard InChI is InChI=1S/C30H34N6O6S/c1-16-13-36(17(2)15-37)29(39)20-9-8-11-22(31-27(38)28-32-21-10-6-7-12-24(21)43-28)26(20)41-23(16)14-35(5)30(40)33-25-18(3)34-42-19(25)4/h6-12,16-17,23,37H,13-15H2,1-5H3,(H,31,38)(H,33,40)/t16-,17+,23-/m0/s1. The summed E-state index contributed by atoms with van der Waals surface area (Å²) in [5.74, 6) is -0.345. The van der Waals surface area contributed by atoms with E-state index in [4.69, 9.17) is 9.26 Å². The van der Waals surface area contributed by atoms with Gasteiger partial charge in [-0.05, 0) is 45.0 Å². The molecule has 4 amide bonds. The normalized spacial score (nSPS) is 17.4. The van der Waals surface area contributed by atoms with Gasteiger partial charge in [-0.2, -0.15) is 0 Å². The summed E-state index contributed by atoms with van der Waals surface area (Å²) in [4.78, 5) is 47.8. The van der Waals surface area contributed by atoms with Gasteiger partial charge >= 0.3 is 6.03 Å². The maximum absolute atomic E-state index is 13.8. The largest absolute Gasteiger partial charge is 0.485 e. The van der Waals surface area contributed by atoms with E-state index in [0.29, 0.717) is 28.3 Å². The molecular formula is C30H34N6O6S. The third-order valence-corrected chi connectivity index (χ3v) is 8.53. The van der Waals surface area contributed by atoms with Crippen LogP contribution in [-0.2, 0) is 0 Å². The zero-order chi connectivity index (χ0) is 30.8. The maximum Gasteiger partial charge on any atom is 0.321 e. The number of rotatable bonds is 7. The lowest BCUT2D eigenvalue weighted by Gasteiger charge is -2.38. The Hall–Kier alpha value is -4.49. The zero-order valence-electron chi connectivity index (χ0n) is 24.6. The van der Waals surface area contributed by atoms with Crippen LogP contribution < -0.4 is 15.4 Å². The summed E-state index contributed by atoms with van der Waals surface area (Å²) in [5, 5.41) is 19.8. The van der Waals surface area contributed by atoms with E-state index in [0.717, 1.165) is 4.70 Å². The van der Waals surface area contributed by atoms with E-state index >= 15 is 0 Å². The second-order valence-corrected chi connectivity index (χ2v) is 11.8. The molecule has 4 aromatic rings. The Morgan fingerprint density at radius 1 is 1.19 bits per heavy atom. The number of anilines is 2. The lowest BCUT2D eigenvalue weighted by molar-refractivity contribution is 0.0372. The molecular weight excluding hydrogens is 572 g/mol. The van der Waals surface area contributed by atoms with Crippen molar-refractivity contribution in [3.05, 3.63) is 64.5 Å². The van der Waals surface area contributed by atoms with E-state index in [1.54, 1.807) is 50.9 Å². The van der Waals surface area contributed by atoms with Gasteiger partial charge in [0.2, 0.25) is 0 Å². The van der Waals surface area contributed by atoms with Gasteiger partial charge in [0, 0.05) is 19.5 Å². The van der Waals surface area contributed by atoms with Crippen molar-refractivity contribution < 1.29 is 28.8 Å². The highest BCUT2D eigenvalue weighted by atomic mass is 32.1. The quantitative estimate of drug-likeness (QED) is 0.278. The van der Waals surface area contributed by atoms with Crippen molar-refractivity contribution in [2.24, 2.45) is 5.92 Å². The van der Waals surface area contributed by atoms with Gasteiger partial charge in [0.05, 0.1) is 40.7 Å². The molecule has 43 heavy (non-hydrogen) atoms. The number of aromatic nitrogens is 2. The van der Waals surface area contributed by atoms with Crippen molar-refractivity contribution >= 4 is 50.8 Å². The van der Waals surface area contributed by atoms with Crippen molar-refractivity contribution in [2.45, 2.75) is 39.8 Å². The molecule has 0 aliphatic carbocycles. The van der Waals surface area contributed by atoms with E-state index in [1.165, 1.54) is 16.2 Å². The molecule has 3 atom stereocenters. The van der Waals surface area contributed by atoms with Crippen molar-refractivity contribution in [1.29, 1.82) is 0 Å². The van der Waals surface area contributed by atoms with Crippen LogP contribution in [0.15, 0.2) is 47.0 Å². The summed E-state index contributed by atoms with van der Waals surface area (Å²) in [5.41, 5.74) is 2.32. The predicted octanol–water partition coefficient (Wildman–Crippen LogP) is 4.54. The fourth-order valence-electron chi connectivity index (χ4n) is 4.92. The molecule has 3 heterocycles. The Bertz CT molecular complexity index is 1620. The minimum atomic E-state index is -0.582. The summed E-state index contributed by atoms with van der Waals surface area (Å²) < 4.78 is 12.6. The van der Waals surface area contributed by atoms with Crippen LogP contribution >= 0.6 is 11.3 Å². The third-order valence-electron chi connectivity index (χ3n) is 7.49. The van der Waals surface area contributed by atoms with Gasteiger partial charge in [-0.15, -0.1) is 11.3 Å². The lowest BCUT2D eigenvalue weighted by Crippen LogP contribution is -2.50. The molecule has 13 heteroatoms. The number of ether oxygens (including phenoxy) is 1. The molecule has 2 aromatic carbocycles. The summed E-state index contributed by atoms with van der Waals surface area (Å²) in [6.45, 7) is 7.35. The molecule has 0 saturated heterocycles. The minimum Gasteiger partial charge on any atom is -0.485 e. The number of amides is 4. The van der Waals surface area contributed by atoms with Crippen molar-refractivity contribution in [2.75, 3.05) is 37.4 Å². The van der Waals surface area contributed by atoms with Gasteiger partial charge in [0.15, 0.2) is 16.5 Å². The minimum absolute atomic E-state index is 0.158. The highest BCUT2D eigenvalue weighted by molar-refractivity contribution is 7.20. The number of hydrogen-bond acceptors (Lipinski definition) is 9. The number of urea groups is 1. The maximum atomic E-state index is 13.8. The lowest BCUT2D eigenvalue weighted by atomic mass is 9.99. The SMILES string of the molecule is Cc1noc(C)c1NC(=O)N(C)C[C@@H]1Oc2c(NC(=O)c3nc4ccccc4s3)cccc2C(=O)N([C@H](C)CO)C[C@@H]1C. The molecule has 3 N–H and O–H groups in total. The first kappa shape index (κ1) is 30.0. The Balaban J connectivity index is 1.46. The smallest absolute Gasteiger partial charge is 0.321 e. The number of thiazole rings is 1. The molecule has 5 rings (SSSR count). The van der Waals surface area contributed by atoms with Crippen LogP contribution in [0.3, 0.4) is 0 Å². The van der Waals surface area contributed by atoms with Crippen molar-refractivity contribution in [3.8, 4) is 5.75 Å². The predicted molar refractivity (Wildman–Crippen MR) is 163 cm³/mol. The number of nitrogens with one attached hydrogen (secondary N) is 2. The monoisotopic (exact) mass is 606 g/mol. The molecule has 0 bridgehead atoms. The first-order chi connectivity index (χ1) is 20.6. The van der Waals surface area contributed by atoms with E-state index in [2.05, 4.69) is 20.8 Å². The molecule has 1 aliphatic heterocycles. The van der Waals surface area contributed by atoms with Crippen molar-refractivity contribution in [3.63, 3.8) is 0 Å². The fourth-order valence-corrected chi connectivity index (χ4v) is 5.78. The van der Waals surface area contributed by atoms with E-state index < -0.39 is 18.1 Å². The molecule has 2 aromatic heterocycles. The third kappa shape index (κ3) is 6.18. The summed E-state index contributed by atoms with van der Waals surface area (Å²) in [7, 11) is 1.64. The van der Waals surface area contributed by atoms with Crippen LogP contribution in [0, 0.1) is 19.8 Å². The van der Waals surface area contributed by atoms with Gasteiger partial charge in [-0.3, -0.25) is 9.59 Å². The summed E-state index contributed by atoms with van der Waals surface area (Å²) in [6.07, 6.45) is -0.582. The average Bonchev–Trinajstić information content (AvgIpc) is 3.57. The van der Waals surface area contributed by atoms with Gasteiger partial charge in [-0.1, -0.05) is 30.3 Å². The van der Waals surface area contributed by atoms with Crippen LogP contribution in [-0.4, -0.2) is 81.8 Å². The van der Waals surface area contributed by atoms with Crippen LogP contribution in [0.25, 0.3) is 10.2 Å². The first-order valence-electron chi connectivity index (χ1n) is 13.9. The van der Waals surface area contributed by atoms with E-state index in [-0.39, 0.29) is 53.9 Å². The second kappa shape index (κ2) is 12.4. The number of benzene rings is 2. The van der Waals surface area contributed by atoms with E-state index in [1.807, 2.05) is 31.2 Å². The first-order valence-corrected chi connectivity index (χ1v) is 14.7. The molecule has 12 nitrogen and oxygen atoms in total. The van der Waals surface area contributed by atoms with Crippen LogP contribution in [0.5, 0.6) is 5.75 Å². The number of para-hydroxylation sites is 2.